The molecule has 0 aromatic carbocycles. The minimum atomic E-state index is -6.15. The molecule has 0 aliphatic rings. The average molecular weight is 304 g/mol. The maximum absolute atomic E-state index is 12.2. The highest BCUT2D eigenvalue weighted by Crippen LogP contribution is 2.46. The van der Waals surface area contributed by atoms with Gasteiger partial charge >= 0.3 is 24.5 Å². The zero-order valence-electron chi connectivity index (χ0n) is 8.93. The Morgan fingerprint density at radius 1 is 0.895 bits per heavy atom. The smallest absolute Gasteiger partial charge is 0.436 e. The predicted molar refractivity (Wildman–Crippen MR) is 41.8 cm³/mol. The van der Waals surface area contributed by atoms with Crippen molar-refractivity contribution in [3.05, 3.63) is 12.2 Å². The number of hydrogen-bond acceptors (Lipinski definition) is 2. The molecule has 11 heteroatoms. The quantitative estimate of drug-likeness (QED) is 0.443. The Bertz CT molecular complexity index is 359. The molecule has 0 spiro atoms. The van der Waals surface area contributed by atoms with Gasteiger partial charge in [-0.1, -0.05) is 6.58 Å². The second-order valence-electron chi connectivity index (χ2n) is 3.39. The monoisotopic (exact) mass is 304 g/mol. The van der Waals surface area contributed by atoms with Crippen molar-refractivity contribution in [1.82, 2.24) is 0 Å². The molecule has 112 valence electrons. The molecule has 0 aromatic rings. The van der Waals surface area contributed by atoms with Gasteiger partial charge < -0.3 is 4.74 Å². The van der Waals surface area contributed by atoms with Crippen LogP contribution in [0.3, 0.4) is 0 Å². The fourth-order valence-corrected chi connectivity index (χ4v) is 0.639. The molecule has 0 atom stereocenters. The normalized spacial score (nSPS) is 14.2. The van der Waals surface area contributed by atoms with Crippen LogP contribution >= 0.6 is 0 Å². The summed E-state index contributed by atoms with van der Waals surface area (Å²) in [4.78, 5) is 10.7. The molecule has 0 aliphatic carbocycles. The summed E-state index contributed by atoms with van der Waals surface area (Å²) in [6.45, 7) is 1.44. The van der Waals surface area contributed by atoms with Crippen LogP contribution in [-0.2, 0) is 9.53 Å². The second kappa shape index (κ2) is 4.60. The van der Waals surface area contributed by atoms with E-state index in [2.05, 4.69) is 4.74 Å². The van der Waals surface area contributed by atoms with E-state index in [-0.39, 0.29) is 0 Å². The number of ether oxygens (including phenoxy) is 1. The highest BCUT2D eigenvalue weighted by molar-refractivity contribution is 5.89. The van der Waals surface area contributed by atoms with Crippen LogP contribution in [0.1, 0.15) is 6.92 Å². The molecule has 0 saturated heterocycles. The van der Waals surface area contributed by atoms with Crippen molar-refractivity contribution < 1.29 is 49.0 Å². The molecule has 19 heavy (non-hydrogen) atoms. The van der Waals surface area contributed by atoms with Crippen molar-refractivity contribution >= 4 is 5.97 Å². The number of carbonyl (C=O) groups excluding carboxylic acids is 1. The van der Waals surface area contributed by atoms with E-state index >= 15 is 0 Å². The Hall–Kier alpha value is -1.42. The van der Waals surface area contributed by atoms with Gasteiger partial charge in [0.1, 0.15) is 5.57 Å². The topological polar surface area (TPSA) is 26.3 Å². The lowest BCUT2D eigenvalue weighted by Crippen LogP contribution is -2.57. The van der Waals surface area contributed by atoms with Gasteiger partial charge in [0.2, 0.25) is 0 Å². The van der Waals surface area contributed by atoms with E-state index in [0.717, 1.165) is 0 Å². The van der Waals surface area contributed by atoms with Crippen LogP contribution in [0.25, 0.3) is 0 Å². The van der Waals surface area contributed by atoms with Crippen molar-refractivity contribution in [2.24, 2.45) is 0 Å². The van der Waals surface area contributed by atoms with Crippen LogP contribution in [0, 0.1) is 0 Å². The second-order valence-corrected chi connectivity index (χ2v) is 3.39. The fourth-order valence-electron chi connectivity index (χ4n) is 0.639. The molecule has 0 N–H and O–H groups in total. The maximum atomic E-state index is 12.2. The highest BCUT2D eigenvalue weighted by atomic mass is 19.4. The van der Waals surface area contributed by atoms with Crippen molar-refractivity contribution in [2.75, 3.05) is 0 Å². The molecular weight excluding hydrogens is 299 g/mol. The van der Waals surface area contributed by atoms with Crippen molar-refractivity contribution in [2.45, 2.75) is 31.1 Å². The first-order chi connectivity index (χ1) is 8.04. The largest absolute Gasteiger partial charge is 0.437 e. The standard InChI is InChI=1S/C8H5F9O2/c1-3(6(9,10)11)4(18)19-5(2,7(12,13)14)8(15,16)17/h1H2,2H3. The Morgan fingerprint density at radius 3 is 1.42 bits per heavy atom. The number of rotatable bonds is 2. The first-order valence-electron chi connectivity index (χ1n) is 4.17. The van der Waals surface area contributed by atoms with Crippen LogP contribution < -0.4 is 0 Å². The van der Waals surface area contributed by atoms with Crippen LogP contribution in [-0.4, -0.2) is 30.1 Å². The van der Waals surface area contributed by atoms with Gasteiger partial charge in [0, 0.05) is 0 Å². The SMILES string of the molecule is C=C(C(=O)OC(C)(C(F)(F)F)C(F)(F)F)C(F)(F)F. The number of esters is 1. The lowest BCUT2D eigenvalue weighted by atomic mass is 10.1. The molecule has 0 amide bonds. The van der Waals surface area contributed by atoms with Gasteiger partial charge in [-0.05, 0) is 6.92 Å². The van der Waals surface area contributed by atoms with Crippen LogP contribution in [0.2, 0.25) is 0 Å². The summed E-state index contributed by atoms with van der Waals surface area (Å²) in [5, 5.41) is 0. The van der Waals surface area contributed by atoms with Gasteiger partial charge in [-0.3, -0.25) is 0 Å². The van der Waals surface area contributed by atoms with Gasteiger partial charge in [0.15, 0.2) is 0 Å². The van der Waals surface area contributed by atoms with Crippen molar-refractivity contribution in [3.63, 3.8) is 0 Å². The van der Waals surface area contributed by atoms with E-state index in [1.807, 2.05) is 6.58 Å². The predicted octanol–water partition coefficient (Wildman–Crippen LogP) is 3.53. The van der Waals surface area contributed by atoms with Gasteiger partial charge in [-0.25, -0.2) is 4.79 Å². The fraction of sp³-hybridized carbons (Fsp3) is 0.625. The Balaban J connectivity index is 5.42. The summed E-state index contributed by atoms with van der Waals surface area (Å²) >= 11 is 0. The number of alkyl halides is 9. The Labute approximate surface area is 99.4 Å². The molecule has 0 unspecified atom stereocenters. The Morgan fingerprint density at radius 2 is 1.21 bits per heavy atom. The van der Waals surface area contributed by atoms with Gasteiger partial charge in [-0.2, -0.15) is 39.5 Å². The Kier molecular flexibility index (Phi) is 4.26. The molecule has 0 rings (SSSR count). The van der Waals surface area contributed by atoms with Crippen LogP contribution in [0.15, 0.2) is 12.2 Å². The van der Waals surface area contributed by atoms with E-state index < -0.39 is 42.6 Å². The number of hydrogen-bond donors (Lipinski definition) is 0. The summed E-state index contributed by atoms with van der Waals surface area (Å²) in [6, 6.07) is 0. The molecule has 0 radical (unpaired) electrons. The molecule has 2 nitrogen and oxygen atoms in total. The van der Waals surface area contributed by atoms with Gasteiger partial charge in [0.25, 0.3) is 5.60 Å². The summed E-state index contributed by atoms with van der Waals surface area (Å²) in [6.07, 6.45) is -17.8. The number of carbonyl (C=O) groups is 1. The first kappa shape index (κ1) is 17.6. The summed E-state index contributed by atoms with van der Waals surface area (Å²) in [7, 11) is 0. The first-order valence-corrected chi connectivity index (χ1v) is 4.17. The zero-order valence-corrected chi connectivity index (χ0v) is 8.93. The van der Waals surface area contributed by atoms with Gasteiger partial charge in [0.05, 0.1) is 0 Å². The van der Waals surface area contributed by atoms with E-state index in [0.29, 0.717) is 0 Å². The van der Waals surface area contributed by atoms with E-state index in [1.165, 1.54) is 0 Å². The minimum Gasteiger partial charge on any atom is -0.436 e. The molecule has 0 bridgehead atoms. The summed E-state index contributed by atoms with van der Waals surface area (Å²) in [5.74, 6) is -2.86. The third-order valence-corrected chi connectivity index (χ3v) is 1.97. The molecule has 0 saturated carbocycles. The molecule has 0 aliphatic heterocycles. The van der Waals surface area contributed by atoms with E-state index in [9.17, 15) is 44.3 Å². The van der Waals surface area contributed by atoms with Gasteiger partial charge in [-0.15, -0.1) is 0 Å². The number of halogens is 9. The van der Waals surface area contributed by atoms with E-state index in [1.54, 1.807) is 0 Å². The van der Waals surface area contributed by atoms with Crippen LogP contribution in [0.5, 0.6) is 0 Å². The average Bonchev–Trinajstić information content (AvgIpc) is 2.11. The lowest BCUT2D eigenvalue weighted by molar-refractivity contribution is -0.362. The molecule has 0 aromatic heterocycles. The zero-order chi connectivity index (χ0) is 15.9. The lowest BCUT2D eigenvalue weighted by Gasteiger charge is -2.33. The third kappa shape index (κ3) is 3.53. The molecular formula is C8H5F9O2. The summed E-state index contributed by atoms with van der Waals surface area (Å²) in [5.41, 5.74) is -7.54. The minimum absolute atomic E-state index is 0.603. The van der Waals surface area contributed by atoms with Crippen molar-refractivity contribution in [3.8, 4) is 0 Å². The third-order valence-electron chi connectivity index (χ3n) is 1.97. The van der Waals surface area contributed by atoms with Crippen LogP contribution in [0.4, 0.5) is 39.5 Å². The van der Waals surface area contributed by atoms with E-state index in [4.69, 9.17) is 0 Å². The molecule has 0 heterocycles. The van der Waals surface area contributed by atoms with Crippen molar-refractivity contribution in [1.29, 1.82) is 0 Å². The maximum Gasteiger partial charge on any atom is 0.437 e. The highest BCUT2D eigenvalue weighted by Gasteiger charge is 2.71. The summed E-state index contributed by atoms with van der Waals surface area (Å²) < 4.78 is 112. The molecule has 0 fully saturated rings.